The number of carbonyl (C=O) groups is 1. The van der Waals surface area contributed by atoms with Gasteiger partial charge in [0.15, 0.2) is 0 Å². The summed E-state index contributed by atoms with van der Waals surface area (Å²) in [4.78, 5) is 14.9. The number of aliphatic carboxylic acids is 1. The largest absolute Gasteiger partial charge is 0.494 e. The molecule has 0 atom stereocenters. The molecule has 1 aromatic carbocycles. The fourth-order valence-electron chi connectivity index (χ4n) is 2.49. The summed E-state index contributed by atoms with van der Waals surface area (Å²) >= 11 is 0. The monoisotopic (exact) mass is 311 g/mol. The van der Waals surface area contributed by atoms with Crippen LogP contribution in [-0.4, -0.2) is 22.7 Å². The average molecular weight is 311 g/mol. The maximum Gasteiger partial charge on any atom is 0.303 e. The van der Waals surface area contributed by atoms with Crippen LogP contribution in [0.3, 0.4) is 0 Å². The van der Waals surface area contributed by atoms with Crippen LogP contribution in [0.5, 0.6) is 11.5 Å². The molecule has 0 fully saturated rings. The molecule has 118 valence electrons. The fraction of sp³-hybridized carbons (Fsp3) is 0.222. The van der Waals surface area contributed by atoms with Gasteiger partial charge >= 0.3 is 5.97 Å². The Balaban J connectivity index is 1.80. The van der Waals surface area contributed by atoms with Crippen LogP contribution in [0, 0.1) is 0 Å². The first-order chi connectivity index (χ1) is 11.1. The molecule has 1 aliphatic heterocycles. The number of carboxylic acid groups (broad SMARTS) is 1. The Bertz CT molecular complexity index is 754. The van der Waals surface area contributed by atoms with Crippen molar-refractivity contribution in [2.24, 2.45) is 0 Å². The van der Waals surface area contributed by atoms with Crippen molar-refractivity contribution >= 4 is 11.5 Å². The Morgan fingerprint density at radius 2 is 2.22 bits per heavy atom. The average Bonchev–Trinajstić information content (AvgIpc) is 2.69. The highest BCUT2D eigenvalue weighted by atomic mass is 16.5. The van der Waals surface area contributed by atoms with Crippen molar-refractivity contribution in [3.8, 4) is 11.5 Å². The zero-order chi connectivity index (χ0) is 16.2. The van der Waals surface area contributed by atoms with Gasteiger partial charge in [0.25, 0.3) is 0 Å². The van der Waals surface area contributed by atoms with Crippen molar-refractivity contribution in [2.75, 3.05) is 6.61 Å². The van der Waals surface area contributed by atoms with Gasteiger partial charge in [0, 0.05) is 23.7 Å². The first-order valence-corrected chi connectivity index (χ1v) is 7.40. The van der Waals surface area contributed by atoms with Crippen LogP contribution in [0.15, 0.2) is 43.1 Å². The van der Waals surface area contributed by atoms with Crippen molar-refractivity contribution in [1.82, 2.24) is 4.98 Å². The second kappa shape index (κ2) is 6.52. The van der Waals surface area contributed by atoms with E-state index in [1.54, 1.807) is 6.20 Å². The van der Waals surface area contributed by atoms with Gasteiger partial charge in [-0.15, -0.1) is 0 Å². The molecule has 1 N–H and O–H groups in total. The third kappa shape index (κ3) is 3.34. The first kappa shape index (κ1) is 15.1. The Hall–Kier alpha value is -2.82. The third-order valence-electron chi connectivity index (χ3n) is 3.66. The molecule has 2 aromatic rings. The SMILES string of the molecule is C=C1c2cc(OCCCC(=O)O)ccc2OCc2ncccc21. The minimum absolute atomic E-state index is 0.0970. The van der Waals surface area contributed by atoms with E-state index in [1.165, 1.54) is 0 Å². The van der Waals surface area contributed by atoms with E-state index in [9.17, 15) is 4.79 Å². The second-order valence-electron chi connectivity index (χ2n) is 5.27. The number of hydrogen-bond donors (Lipinski definition) is 1. The molecule has 0 radical (unpaired) electrons. The number of nitrogens with zero attached hydrogens (tertiary/aromatic N) is 1. The molecule has 0 spiro atoms. The lowest BCUT2D eigenvalue weighted by Crippen LogP contribution is -2.02. The van der Waals surface area contributed by atoms with Crippen LogP contribution in [0.25, 0.3) is 5.57 Å². The maximum atomic E-state index is 10.5. The molecule has 0 amide bonds. The summed E-state index contributed by atoms with van der Waals surface area (Å²) in [5.74, 6) is 0.596. The van der Waals surface area contributed by atoms with Gasteiger partial charge in [0.05, 0.1) is 12.3 Å². The van der Waals surface area contributed by atoms with Crippen LogP contribution in [0.1, 0.15) is 29.7 Å². The van der Waals surface area contributed by atoms with Crippen molar-refractivity contribution in [3.05, 3.63) is 59.9 Å². The van der Waals surface area contributed by atoms with Gasteiger partial charge < -0.3 is 14.6 Å². The second-order valence-corrected chi connectivity index (χ2v) is 5.27. The number of carboxylic acids is 1. The number of aromatic nitrogens is 1. The highest BCUT2D eigenvalue weighted by molar-refractivity contribution is 5.83. The van der Waals surface area contributed by atoms with Crippen molar-refractivity contribution in [3.63, 3.8) is 0 Å². The zero-order valence-corrected chi connectivity index (χ0v) is 12.6. The quantitative estimate of drug-likeness (QED) is 0.858. The van der Waals surface area contributed by atoms with Crippen molar-refractivity contribution in [1.29, 1.82) is 0 Å². The lowest BCUT2D eigenvalue weighted by molar-refractivity contribution is -0.137. The Morgan fingerprint density at radius 1 is 1.35 bits per heavy atom. The zero-order valence-electron chi connectivity index (χ0n) is 12.6. The Labute approximate surface area is 134 Å². The summed E-state index contributed by atoms with van der Waals surface area (Å²) in [6.45, 7) is 4.93. The van der Waals surface area contributed by atoms with Gasteiger partial charge in [0.1, 0.15) is 18.1 Å². The van der Waals surface area contributed by atoms with Gasteiger partial charge in [0.2, 0.25) is 0 Å². The standard InChI is InChI=1S/C18H17NO4/c1-12-14-4-2-8-19-16(14)11-23-17-7-6-13(10-15(12)17)22-9-3-5-18(20)21/h2,4,6-8,10H,1,3,5,9,11H2,(H,20,21). The molecule has 0 saturated carbocycles. The Kier molecular flexibility index (Phi) is 4.28. The van der Waals surface area contributed by atoms with E-state index in [1.807, 2.05) is 30.3 Å². The summed E-state index contributed by atoms with van der Waals surface area (Å²) in [5.41, 5.74) is 3.54. The lowest BCUT2D eigenvalue weighted by atomic mass is 9.98. The topological polar surface area (TPSA) is 68.7 Å². The predicted octanol–water partition coefficient (Wildman–Crippen LogP) is 3.28. The number of ether oxygens (including phenoxy) is 2. The summed E-state index contributed by atoms with van der Waals surface area (Å²) in [7, 11) is 0. The number of fused-ring (bicyclic) bond motifs is 2. The highest BCUT2D eigenvalue weighted by Crippen LogP contribution is 2.37. The molecular weight excluding hydrogens is 294 g/mol. The minimum atomic E-state index is -0.818. The predicted molar refractivity (Wildman–Crippen MR) is 85.5 cm³/mol. The van der Waals surface area contributed by atoms with Gasteiger partial charge in [-0.05, 0) is 36.3 Å². The van der Waals surface area contributed by atoms with Crippen LogP contribution in [0.4, 0.5) is 0 Å². The molecule has 23 heavy (non-hydrogen) atoms. The first-order valence-electron chi connectivity index (χ1n) is 7.40. The molecule has 5 heteroatoms. The summed E-state index contributed by atoms with van der Waals surface area (Å²) < 4.78 is 11.4. The van der Waals surface area contributed by atoms with Crippen LogP contribution in [-0.2, 0) is 11.4 Å². The number of hydrogen-bond acceptors (Lipinski definition) is 4. The maximum absolute atomic E-state index is 10.5. The van der Waals surface area contributed by atoms with Gasteiger partial charge in [-0.3, -0.25) is 9.78 Å². The lowest BCUT2D eigenvalue weighted by Gasteiger charge is -2.11. The molecule has 0 unspecified atom stereocenters. The molecule has 0 bridgehead atoms. The highest BCUT2D eigenvalue weighted by Gasteiger charge is 2.19. The minimum Gasteiger partial charge on any atom is -0.494 e. The smallest absolute Gasteiger partial charge is 0.303 e. The number of pyridine rings is 1. The normalized spacial score (nSPS) is 12.6. The molecule has 0 aliphatic carbocycles. The van der Waals surface area contributed by atoms with Gasteiger partial charge in [-0.2, -0.15) is 0 Å². The van der Waals surface area contributed by atoms with E-state index in [2.05, 4.69) is 11.6 Å². The molecule has 0 saturated heterocycles. The number of benzene rings is 1. The summed E-state index contributed by atoms with van der Waals surface area (Å²) in [6, 6.07) is 9.39. The third-order valence-corrected chi connectivity index (χ3v) is 3.66. The molecule has 3 rings (SSSR count). The van der Waals surface area contributed by atoms with E-state index in [0.717, 1.165) is 28.1 Å². The van der Waals surface area contributed by atoms with Crippen LogP contribution < -0.4 is 9.47 Å². The van der Waals surface area contributed by atoms with Gasteiger partial charge in [-0.1, -0.05) is 12.6 Å². The van der Waals surface area contributed by atoms with E-state index in [4.69, 9.17) is 14.6 Å². The molecule has 5 nitrogen and oxygen atoms in total. The van der Waals surface area contributed by atoms with E-state index in [0.29, 0.717) is 25.4 Å². The Morgan fingerprint density at radius 3 is 3.04 bits per heavy atom. The van der Waals surface area contributed by atoms with Crippen LogP contribution in [0.2, 0.25) is 0 Å². The van der Waals surface area contributed by atoms with Crippen molar-refractivity contribution in [2.45, 2.75) is 19.4 Å². The van der Waals surface area contributed by atoms with E-state index in [-0.39, 0.29) is 6.42 Å². The molecular formula is C18H17NO4. The van der Waals surface area contributed by atoms with E-state index < -0.39 is 5.97 Å². The summed E-state index contributed by atoms with van der Waals surface area (Å²) in [5, 5.41) is 8.64. The molecule has 1 aromatic heterocycles. The van der Waals surface area contributed by atoms with E-state index >= 15 is 0 Å². The molecule has 2 heterocycles. The molecule has 1 aliphatic rings. The fourth-order valence-corrected chi connectivity index (χ4v) is 2.49. The summed E-state index contributed by atoms with van der Waals surface area (Å²) in [6.07, 6.45) is 2.30. The van der Waals surface area contributed by atoms with Gasteiger partial charge in [-0.25, -0.2) is 0 Å². The number of rotatable bonds is 5. The van der Waals surface area contributed by atoms with Crippen molar-refractivity contribution < 1.29 is 19.4 Å². The van der Waals surface area contributed by atoms with Crippen LogP contribution >= 0.6 is 0 Å².